The second-order valence-corrected chi connectivity index (χ2v) is 9.34. The predicted octanol–water partition coefficient (Wildman–Crippen LogP) is 4.48. The Morgan fingerprint density at radius 1 is 1.12 bits per heavy atom. The summed E-state index contributed by atoms with van der Waals surface area (Å²) in [5.41, 5.74) is 2.65. The van der Waals surface area contributed by atoms with Crippen LogP contribution in [0.2, 0.25) is 0 Å². The molecule has 6 rings (SSSR count). The summed E-state index contributed by atoms with van der Waals surface area (Å²) in [4.78, 5) is 19.3. The van der Waals surface area contributed by atoms with Crippen LogP contribution in [0.1, 0.15) is 54.7 Å². The van der Waals surface area contributed by atoms with Crippen molar-refractivity contribution in [3.8, 4) is 0 Å². The molecule has 0 amide bonds. The maximum Gasteiger partial charge on any atom is 0.416 e. The molecule has 2 aliphatic rings. The highest BCUT2D eigenvalue weighted by molar-refractivity contribution is 5.83. The van der Waals surface area contributed by atoms with E-state index in [-0.39, 0.29) is 12.6 Å². The van der Waals surface area contributed by atoms with Crippen LogP contribution in [-0.4, -0.2) is 54.8 Å². The quantitative estimate of drug-likeness (QED) is 0.447. The molecular formula is C23H25F3N8. The van der Waals surface area contributed by atoms with Crippen LogP contribution in [0.5, 0.6) is 0 Å². The smallest absolute Gasteiger partial charge is 0.360 e. The lowest BCUT2D eigenvalue weighted by atomic mass is 10.1. The Morgan fingerprint density at radius 2 is 1.91 bits per heavy atom. The number of anilines is 1. The van der Waals surface area contributed by atoms with Crippen molar-refractivity contribution < 1.29 is 13.2 Å². The number of H-pyrrole nitrogens is 1. The van der Waals surface area contributed by atoms with E-state index in [1.165, 1.54) is 6.07 Å². The number of hydrogen-bond donors (Lipinski definition) is 2. The molecule has 1 aromatic carbocycles. The molecule has 1 aliphatic carbocycles. The van der Waals surface area contributed by atoms with E-state index in [0.29, 0.717) is 34.1 Å². The van der Waals surface area contributed by atoms with Crippen molar-refractivity contribution in [2.45, 2.75) is 50.4 Å². The molecule has 0 atom stereocenters. The molecule has 0 bridgehead atoms. The Kier molecular flexibility index (Phi) is 4.98. The molecule has 4 heterocycles. The zero-order valence-corrected chi connectivity index (χ0v) is 18.7. The number of piperidine rings is 1. The van der Waals surface area contributed by atoms with Crippen LogP contribution in [0.3, 0.4) is 0 Å². The summed E-state index contributed by atoms with van der Waals surface area (Å²) < 4.78 is 41.1. The molecule has 178 valence electrons. The van der Waals surface area contributed by atoms with E-state index >= 15 is 0 Å². The van der Waals surface area contributed by atoms with Gasteiger partial charge in [-0.1, -0.05) is 0 Å². The van der Waals surface area contributed by atoms with Gasteiger partial charge >= 0.3 is 6.18 Å². The molecule has 0 spiro atoms. The Labute approximate surface area is 193 Å². The lowest BCUT2D eigenvalue weighted by molar-refractivity contribution is -0.137. The number of rotatable bonds is 5. The minimum absolute atomic E-state index is 0.255. The number of likely N-dealkylation sites (tertiary alicyclic amines) is 1. The molecule has 2 fully saturated rings. The van der Waals surface area contributed by atoms with Gasteiger partial charge in [-0.25, -0.2) is 19.6 Å². The Morgan fingerprint density at radius 3 is 2.65 bits per heavy atom. The molecule has 1 saturated heterocycles. The van der Waals surface area contributed by atoms with Crippen LogP contribution in [0, 0.1) is 0 Å². The maximum absolute atomic E-state index is 13.0. The highest BCUT2D eigenvalue weighted by Gasteiger charge is 2.31. The number of nitrogens with one attached hydrogen (secondary N) is 2. The van der Waals surface area contributed by atoms with Gasteiger partial charge in [-0.2, -0.15) is 18.3 Å². The first-order valence-corrected chi connectivity index (χ1v) is 11.6. The van der Waals surface area contributed by atoms with Gasteiger partial charge < -0.3 is 15.2 Å². The van der Waals surface area contributed by atoms with Crippen molar-refractivity contribution in [2.75, 3.05) is 25.5 Å². The monoisotopic (exact) mass is 470 g/mol. The van der Waals surface area contributed by atoms with Crippen molar-refractivity contribution in [3.63, 3.8) is 0 Å². The van der Waals surface area contributed by atoms with E-state index in [1.807, 2.05) is 10.9 Å². The van der Waals surface area contributed by atoms with Crippen LogP contribution in [0.4, 0.5) is 19.0 Å². The van der Waals surface area contributed by atoms with Crippen LogP contribution < -0.4 is 5.32 Å². The van der Waals surface area contributed by atoms with Crippen molar-refractivity contribution in [3.05, 3.63) is 41.5 Å². The van der Waals surface area contributed by atoms with Crippen molar-refractivity contribution in [2.24, 2.45) is 0 Å². The third-order valence-corrected chi connectivity index (χ3v) is 6.73. The van der Waals surface area contributed by atoms with Crippen LogP contribution in [0.25, 0.3) is 22.2 Å². The topological polar surface area (TPSA) is 87.5 Å². The Bertz CT molecular complexity index is 1350. The average molecular weight is 471 g/mol. The van der Waals surface area contributed by atoms with Gasteiger partial charge in [0.25, 0.3) is 0 Å². The first-order valence-electron chi connectivity index (χ1n) is 11.6. The highest BCUT2D eigenvalue weighted by atomic mass is 19.4. The van der Waals surface area contributed by atoms with E-state index in [4.69, 9.17) is 15.1 Å². The van der Waals surface area contributed by atoms with Crippen molar-refractivity contribution in [1.82, 2.24) is 34.6 Å². The third kappa shape index (κ3) is 3.97. The molecule has 3 aromatic heterocycles. The normalized spacial score (nSPS) is 18.2. The first kappa shape index (κ1) is 21.3. The number of imidazole rings is 1. The van der Waals surface area contributed by atoms with E-state index in [0.717, 1.165) is 62.2 Å². The summed E-state index contributed by atoms with van der Waals surface area (Å²) in [5.74, 6) is 1.63. The van der Waals surface area contributed by atoms with Gasteiger partial charge in [0.2, 0.25) is 0 Å². The SMILES string of the molecule is CN1CCC(n2nc(NCc3nc4ccc(C(F)(F)F)cc4[nH]3)c3ncc(C4CC4)nc32)CC1. The van der Waals surface area contributed by atoms with Gasteiger partial charge in [-0.3, -0.25) is 0 Å². The second-order valence-electron chi connectivity index (χ2n) is 9.34. The summed E-state index contributed by atoms with van der Waals surface area (Å²) in [7, 11) is 2.13. The fourth-order valence-corrected chi connectivity index (χ4v) is 4.60. The molecule has 11 heteroatoms. The number of hydrogen-bond acceptors (Lipinski definition) is 6. The molecule has 0 radical (unpaired) electrons. The molecule has 4 aromatic rings. The lowest BCUT2D eigenvalue weighted by Crippen LogP contribution is -2.32. The fourth-order valence-electron chi connectivity index (χ4n) is 4.60. The summed E-state index contributed by atoms with van der Waals surface area (Å²) in [5, 5.41) is 8.13. The number of benzene rings is 1. The maximum atomic E-state index is 13.0. The van der Waals surface area contributed by atoms with Gasteiger partial charge in [0.15, 0.2) is 17.0 Å². The second kappa shape index (κ2) is 7.93. The molecule has 2 N–H and O–H groups in total. The van der Waals surface area contributed by atoms with E-state index in [2.05, 4.69) is 27.2 Å². The van der Waals surface area contributed by atoms with Gasteiger partial charge in [0.05, 0.1) is 34.9 Å². The van der Waals surface area contributed by atoms with E-state index in [1.54, 1.807) is 0 Å². The molecule has 0 unspecified atom stereocenters. The van der Waals surface area contributed by atoms with Crippen molar-refractivity contribution in [1.29, 1.82) is 0 Å². The summed E-state index contributed by atoms with van der Waals surface area (Å²) >= 11 is 0. The van der Waals surface area contributed by atoms with Gasteiger partial charge in [-0.05, 0) is 64.0 Å². The van der Waals surface area contributed by atoms with E-state index in [9.17, 15) is 13.2 Å². The van der Waals surface area contributed by atoms with Gasteiger partial charge in [0.1, 0.15) is 5.82 Å². The van der Waals surface area contributed by atoms with Gasteiger partial charge in [0, 0.05) is 12.1 Å². The Hall–Kier alpha value is -3.21. The molecule has 1 aliphatic heterocycles. The molecule has 1 saturated carbocycles. The number of aromatic amines is 1. The summed E-state index contributed by atoms with van der Waals surface area (Å²) in [6.07, 6.45) is 1.73. The highest BCUT2D eigenvalue weighted by Crippen LogP contribution is 2.40. The largest absolute Gasteiger partial charge is 0.416 e. The number of nitrogens with zero attached hydrogens (tertiary/aromatic N) is 6. The minimum Gasteiger partial charge on any atom is -0.360 e. The van der Waals surface area contributed by atoms with Crippen LogP contribution in [-0.2, 0) is 12.7 Å². The minimum atomic E-state index is -4.39. The van der Waals surface area contributed by atoms with Crippen LogP contribution >= 0.6 is 0 Å². The first-order chi connectivity index (χ1) is 16.3. The average Bonchev–Trinajstić information content (AvgIpc) is 3.48. The van der Waals surface area contributed by atoms with E-state index < -0.39 is 11.7 Å². The zero-order chi connectivity index (χ0) is 23.4. The lowest BCUT2D eigenvalue weighted by Gasteiger charge is -2.29. The standard InChI is InChI=1S/C23H25F3N8/c1-33-8-6-15(7-9-33)34-22-20(27-11-18(31-22)13-2-3-13)21(32-34)28-12-19-29-16-5-4-14(23(24,25)26)10-17(16)30-19/h4-5,10-11,13,15H,2-3,6-9,12H2,1H3,(H,28,32)(H,29,30). The Balaban J connectivity index is 1.29. The summed E-state index contributed by atoms with van der Waals surface area (Å²) in [6, 6.07) is 3.77. The van der Waals surface area contributed by atoms with Crippen molar-refractivity contribution >= 4 is 28.0 Å². The van der Waals surface area contributed by atoms with Crippen LogP contribution in [0.15, 0.2) is 24.4 Å². The molecule has 34 heavy (non-hydrogen) atoms. The number of fused-ring (bicyclic) bond motifs is 2. The number of aromatic nitrogens is 6. The predicted molar refractivity (Wildman–Crippen MR) is 121 cm³/mol. The van der Waals surface area contributed by atoms with Gasteiger partial charge in [-0.15, -0.1) is 0 Å². The number of alkyl halides is 3. The summed E-state index contributed by atoms with van der Waals surface area (Å²) in [6.45, 7) is 2.29. The molecular weight excluding hydrogens is 445 g/mol. The number of halogens is 3. The fraction of sp³-hybridized carbons (Fsp3) is 0.478. The molecule has 8 nitrogen and oxygen atoms in total. The zero-order valence-electron chi connectivity index (χ0n) is 18.7. The third-order valence-electron chi connectivity index (χ3n) is 6.73.